The molecule has 1 aliphatic rings. The second-order valence-corrected chi connectivity index (χ2v) is 4.98. The zero-order valence-electron chi connectivity index (χ0n) is 7.12. The maximum atomic E-state index is 12.1. The van der Waals surface area contributed by atoms with Gasteiger partial charge < -0.3 is 4.74 Å². The molecule has 8 heteroatoms. The fourth-order valence-corrected chi connectivity index (χ4v) is 2.16. The second-order valence-electron chi connectivity index (χ2n) is 3.14. The van der Waals surface area contributed by atoms with Gasteiger partial charge in [-0.15, -0.1) is 0 Å². The predicted octanol–water partition coefficient (Wildman–Crippen LogP) is 0.385. The lowest BCUT2D eigenvalue weighted by atomic mass is 10.1. The standard InChI is InChI=1S/C6H10F3NO3S/c7-6(8,9)5-3-4(1-2-13-5)14(10,11)12/h4-5H,1-3H2,(H2,10,11,12). The summed E-state index contributed by atoms with van der Waals surface area (Å²) in [5.41, 5.74) is 0. The quantitative estimate of drug-likeness (QED) is 0.712. The molecule has 0 bridgehead atoms. The van der Waals surface area contributed by atoms with Crippen LogP contribution in [0, 0.1) is 0 Å². The molecule has 2 unspecified atom stereocenters. The van der Waals surface area contributed by atoms with Crippen LogP contribution < -0.4 is 5.14 Å². The van der Waals surface area contributed by atoms with Crippen LogP contribution in [0.5, 0.6) is 0 Å². The highest BCUT2D eigenvalue weighted by atomic mass is 32.2. The van der Waals surface area contributed by atoms with Crippen LogP contribution in [0.1, 0.15) is 12.8 Å². The molecule has 14 heavy (non-hydrogen) atoms. The molecule has 1 aliphatic heterocycles. The van der Waals surface area contributed by atoms with Crippen LogP contribution in [-0.2, 0) is 14.8 Å². The van der Waals surface area contributed by atoms with Gasteiger partial charge in [-0.2, -0.15) is 13.2 Å². The van der Waals surface area contributed by atoms with E-state index in [-0.39, 0.29) is 13.0 Å². The zero-order chi connectivity index (χ0) is 11.0. The van der Waals surface area contributed by atoms with Crippen molar-refractivity contribution in [3.8, 4) is 0 Å². The Morgan fingerprint density at radius 2 is 1.93 bits per heavy atom. The highest BCUT2D eigenvalue weighted by molar-refractivity contribution is 7.89. The Morgan fingerprint density at radius 3 is 2.36 bits per heavy atom. The van der Waals surface area contributed by atoms with Crippen molar-refractivity contribution in [1.82, 2.24) is 0 Å². The fourth-order valence-electron chi connectivity index (χ4n) is 1.29. The van der Waals surface area contributed by atoms with Crippen LogP contribution in [0.3, 0.4) is 0 Å². The van der Waals surface area contributed by atoms with E-state index in [2.05, 4.69) is 4.74 Å². The number of halogens is 3. The van der Waals surface area contributed by atoms with Gasteiger partial charge in [0, 0.05) is 13.0 Å². The van der Waals surface area contributed by atoms with Crippen LogP contribution in [0.4, 0.5) is 13.2 Å². The number of hydrogen-bond acceptors (Lipinski definition) is 3. The van der Waals surface area contributed by atoms with E-state index in [1.54, 1.807) is 0 Å². The van der Waals surface area contributed by atoms with Gasteiger partial charge in [0.2, 0.25) is 10.0 Å². The van der Waals surface area contributed by atoms with Crippen molar-refractivity contribution in [3.05, 3.63) is 0 Å². The lowest BCUT2D eigenvalue weighted by molar-refractivity contribution is -0.229. The van der Waals surface area contributed by atoms with Crippen LogP contribution in [0.15, 0.2) is 0 Å². The molecular weight excluding hydrogens is 223 g/mol. The van der Waals surface area contributed by atoms with Crippen molar-refractivity contribution in [2.24, 2.45) is 5.14 Å². The van der Waals surface area contributed by atoms with Crippen LogP contribution in [0.2, 0.25) is 0 Å². The Morgan fingerprint density at radius 1 is 1.36 bits per heavy atom. The van der Waals surface area contributed by atoms with E-state index in [0.717, 1.165) is 0 Å². The van der Waals surface area contributed by atoms with Crippen LogP contribution in [0.25, 0.3) is 0 Å². The molecule has 1 heterocycles. The van der Waals surface area contributed by atoms with E-state index < -0.39 is 34.0 Å². The Labute approximate surface area is 79.3 Å². The first kappa shape index (κ1) is 11.7. The largest absolute Gasteiger partial charge is 0.414 e. The van der Waals surface area contributed by atoms with Gasteiger partial charge in [-0.3, -0.25) is 0 Å². The summed E-state index contributed by atoms with van der Waals surface area (Å²) in [6.07, 6.45) is -7.13. The molecule has 0 saturated carbocycles. The zero-order valence-corrected chi connectivity index (χ0v) is 7.94. The summed E-state index contributed by atoms with van der Waals surface area (Å²) in [5.74, 6) is 0. The Kier molecular flexibility index (Phi) is 3.07. The average molecular weight is 233 g/mol. The van der Waals surface area contributed by atoms with E-state index >= 15 is 0 Å². The molecular formula is C6H10F3NO3S. The highest BCUT2D eigenvalue weighted by Crippen LogP contribution is 2.31. The molecule has 1 rings (SSSR count). The monoisotopic (exact) mass is 233 g/mol. The van der Waals surface area contributed by atoms with Crippen LogP contribution >= 0.6 is 0 Å². The molecule has 2 atom stereocenters. The number of sulfonamides is 1. The molecule has 0 aliphatic carbocycles. The summed E-state index contributed by atoms with van der Waals surface area (Å²) in [6, 6.07) is 0. The summed E-state index contributed by atoms with van der Waals surface area (Å²) in [6.45, 7) is -0.231. The molecule has 4 nitrogen and oxygen atoms in total. The van der Waals surface area contributed by atoms with Gasteiger partial charge >= 0.3 is 6.18 Å². The van der Waals surface area contributed by atoms with E-state index in [0.29, 0.717) is 0 Å². The maximum absolute atomic E-state index is 12.1. The molecule has 0 radical (unpaired) electrons. The summed E-state index contributed by atoms with van der Waals surface area (Å²) in [7, 11) is -3.90. The van der Waals surface area contributed by atoms with E-state index in [1.165, 1.54) is 0 Å². The summed E-state index contributed by atoms with van der Waals surface area (Å²) < 4.78 is 62.5. The fraction of sp³-hybridized carbons (Fsp3) is 1.00. The summed E-state index contributed by atoms with van der Waals surface area (Å²) >= 11 is 0. The SMILES string of the molecule is NS(=O)(=O)C1CCOC(C(F)(F)F)C1. The predicted molar refractivity (Wildman–Crippen MR) is 41.9 cm³/mol. The first-order chi connectivity index (χ1) is 6.21. The third kappa shape index (κ3) is 2.82. The molecule has 2 N–H and O–H groups in total. The Balaban J connectivity index is 2.71. The van der Waals surface area contributed by atoms with Gasteiger partial charge in [0.15, 0.2) is 6.10 Å². The molecule has 1 fully saturated rings. The molecule has 0 aromatic rings. The molecule has 0 amide bonds. The van der Waals surface area contributed by atoms with Gasteiger partial charge in [-0.05, 0) is 6.42 Å². The van der Waals surface area contributed by atoms with E-state index in [9.17, 15) is 21.6 Å². The smallest absolute Gasteiger partial charge is 0.369 e. The molecule has 84 valence electrons. The van der Waals surface area contributed by atoms with Gasteiger partial charge in [-0.1, -0.05) is 0 Å². The van der Waals surface area contributed by atoms with Crippen molar-refractivity contribution < 1.29 is 26.3 Å². The molecule has 0 aromatic carbocycles. The number of rotatable bonds is 1. The molecule has 0 aromatic heterocycles. The van der Waals surface area contributed by atoms with Crippen molar-refractivity contribution in [2.75, 3.05) is 6.61 Å². The lowest BCUT2D eigenvalue weighted by Crippen LogP contribution is -2.44. The van der Waals surface area contributed by atoms with Gasteiger partial charge in [-0.25, -0.2) is 13.6 Å². The number of hydrogen-bond donors (Lipinski definition) is 1. The number of ether oxygens (including phenoxy) is 1. The van der Waals surface area contributed by atoms with Gasteiger partial charge in [0.05, 0.1) is 5.25 Å². The Hall–Kier alpha value is -0.340. The first-order valence-electron chi connectivity index (χ1n) is 3.91. The normalized spacial score (nSPS) is 30.3. The number of nitrogens with two attached hydrogens (primary N) is 1. The lowest BCUT2D eigenvalue weighted by Gasteiger charge is -2.29. The maximum Gasteiger partial charge on any atom is 0.414 e. The van der Waals surface area contributed by atoms with Gasteiger partial charge in [0.25, 0.3) is 0 Å². The highest BCUT2D eigenvalue weighted by Gasteiger charge is 2.45. The van der Waals surface area contributed by atoms with Crippen LogP contribution in [-0.4, -0.2) is 32.6 Å². The summed E-state index contributed by atoms with van der Waals surface area (Å²) in [4.78, 5) is 0. The second kappa shape index (κ2) is 3.67. The molecule has 1 saturated heterocycles. The minimum atomic E-state index is -4.52. The third-order valence-electron chi connectivity index (χ3n) is 2.07. The number of alkyl halides is 3. The minimum Gasteiger partial charge on any atom is -0.369 e. The van der Waals surface area contributed by atoms with E-state index in [1.807, 2.05) is 0 Å². The van der Waals surface area contributed by atoms with Crippen molar-refractivity contribution in [3.63, 3.8) is 0 Å². The number of primary sulfonamides is 1. The topological polar surface area (TPSA) is 69.4 Å². The Bertz CT molecular complexity index is 300. The van der Waals surface area contributed by atoms with Crippen molar-refractivity contribution >= 4 is 10.0 Å². The van der Waals surface area contributed by atoms with Crippen molar-refractivity contribution in [1.29, 1.82) is 0 Å². The third-order valence-corrected chi connectivity index (χ3v) is 3.42. The van der Waals surface area contributed by atoms with Gasteiger partial charge in [0.1, 0.15) is 0 Å². The molecule has 0 spiro atoms. The van der Waals surface area contributed by atoms with Crippen molar-refractivity contribution in [2.45, 2.75) is 30.4 Å². The van der Waals surface area contributed by atoms with E-state index in [4.69, 9.17) is 5.14 Å². The minimum absolute atomic E-state index is 0.0193. The first-order valence-corrected chi connectivity index (χ1v) is 5.52. The average Bonchev–Trinajstić information content (AvgIpc) is 2.01. The summed E-state index contributed by atoms with van der Waals surface area (Å²) in [5, 5.41) is 3.61.